The van der Waals surface area contributed by atoms with Crippen LogP contribution in [0.3, 0.4) is 0 Å². The summed E-state index contributed by atoms with van der Waals surface area (Å²) in [6.45, 7) is 3.71. The van der Waals surface area contributed by atoms with Crippen LogP contribution in [0.15, 0.2) is 48.9 Å². The van der Waals surface area contributed by atoms with Gasteiger partial charge in [-0.3, -0.25) is 4.79 Å². The lowest BCUT2D eigenvalue weighted by molar-refractivity contribution is -0.137. The molecule has 0 N–H and O–H groups in total. The maximum atomic E-state index is 14.4. The fourth-order valence-electron chi connectivity index (χ4n) is 2.96. The first-order valence-electron chi connectivity index (χ1n) is 9.34. The van der Waals surface area contributed by atoms with Crippen LogP contribution in [0.25, 0.3) is 5.69 Å². The first kappa shape index (κ1) is 22.2. The molecule has 164 valence electrons. The zero-order valence-corrected chi connectivity index (χ0v) is 16.7. The third-order valence-corrected chi connectivity index (χ3v) is 4.51. The van der Waals surface area contributed by atoms with Gasteiger partial charge in [-0.05, 0) is 32.0 Å². The highest BCUT2D eigenvalue weighted by Crippen LogP contribution is 2.29. The molecule has 2 heterocycles. The third kappa shape index (κ3) is 4.98. The zero-order valence-electron chi connectivity index (χ0n) is 16.7. The molecule has 0 aliphatic rings. The van der Waals surface area contributed by atoms with Crippen molar-refractivity contribution in [3.63, 3.8) is 0 Å². The Balaban J connectivity index is 1.75. The smallest absolute Gasteiger partial charge is 0.417 e. The van der Waals surface area contributed by atoms with E-state index in [1.54, 1.807) is 13.8 Å². The maximum Gasteiger partial charge on any atom is 0.417 e. The van der Waals surface area contributed by atoms with E-state index in [2.05, 4.69) is 15.2 Å². The molecule has 0 saturated carbocycles. The SMILES string of the molecule is CCN(C(=O)c1cccc(F)c1-n1nccn1)[C@@H](C)COc1ccc(C(F)(F)F)cn1. The van der Waals surface area contributed by atoms with Crippen molar-refractivity contribution >= 4 is 5.91 Å². The predicted molar refractivity (Wildman–Crippen MR) is 102 cm³/mol. The highest BCUT2D eigenvalue weighted by atomic mass is 19.4. The predicted octanol–water partition coefficient (Wildman–Crippen LogP) is 3.75. The second-order valence-electron chi connectivity index (χ2n) is 6.59. The summed E-state index contributed by atoms with van der Waals surface area (Å²) in [6, 6.07) is 5.58. The molecule has 3 rings (SSSR count). The van der Waals surface area contributed by atoms with Gasteiger partial charge in [0.1, 0.15) is 12.3 Å². The molecule has 0 fully saturated rings. The number of aromatic nitrogens is 4. The van der Waals surface area contributed by atoms with Crippen molar-refractivity contribution in [3.8, 4) is 11.6 Å². The molecule has 0 saturated heterocycles. The number of carbonyl (C=O) groups is 1. The number of para-hydroxylation sites is 1. The van der Waals surface area contributed by atoms with Crippen LogP contribution >= 0.6 is 0 Å². The number of halogens is 4. The van der Waals surface area contributed by atoms with Crippen molar-refractivity contribution in [3.05, 3.63) is 65.9 Å². The average Bonchev–Trinajstić information content (AvgIpc) is 3.26. The summed E-state index contributed by atoms with van der Waals surface area (Å²) in [7, 11) is 0. The normalized spacial score (nSPS) is 12.5. The largest absolute Gasteiger partial charge is 0.475 e. The van der Waals surface area contributed by atoms with Crippen LogP contribution in [0.2, 0.25) is 0 Å². The molecule has 0 spiro atoms. The van der Waals surface area contributed by atoms with Crippen LogP contribution in [0.4, 0.5) is 17.6 Å². The number of nitrogens with zero attached hydrogens (tertiary/aromatic N) is 5. The van der Waals surface area contributed by atoms with Crippen molar-refractivity contribution in [2.24, 2.45) is 0 Å². The number of carbonyl (C=O) groups excluding carboxylic acids is 1. The maximum absolute atomic E-state index is 14.4. The van der Waals surface area contributed by atoms with Crippen LogP contribution in [-0.4, -0.2) is 50.0 Å². The molecule has 3 aromatic rings. The number of hydrogen-bond donors (Lipinski definition) is 0. The van der Waals surface area contributed by atoms with Crippen molar-refractivity contribution in [1.82, 2.24) is 24.9 Å². The number of benzene rings is 1. The van der Waals surface area contributed by atoms with Crippen LogP contribution in [-0.2, 0) is 6.18 Å². The highest BCUT2D eigenvalue weighted by molar-refractivity contribution is 5.98. The Morgan fingerprint density at radius 3 is 2.48 bits per heavy atom. The van der Waals surface area contributed by atoms with Crippen molar-refractivity contribution in [2.45, 2.75) is 26.1 Å². The molecule has 0 unspecified atom stereocenters. The van der Waals surface area contributed by atoms with Gasteiger partial charge in [0.05, 0.1) is 29.6 Å². The minimum Gasteiger partial charge on any atom is -0.475 e. The molecule has 1 aromatic carbocycles. The lowest BCUT2D eigenvalue weighted by Gasteiger charge is -2.28. The van der Waals surface area contributed by atoms with Gasteiger partial charge in [0, 0.05) is 18.8 Å². The Morgan fingerprint density at radius 1 is 1.19 bits per heavy atom. The Morgan fingerprint density at radius 2 is 1.90 bits per heavy atom. The number of ether oxygens (including phenoxy) is 1. The molecule has 1 atom stereocenters. The lowest BCUT2D eigenvalue weighted by Crippen LogP contribution is -2.42. The first-order chi connectivity index (χ1) is 14.7. The molecule has 0 aliphatic carbocycles. The van der Waals surface area contributed by atoms with E-state index in [1.807, 2.05) is 0 Å². The van der Waals surface area contributed by atoms with Gasteiger partial charge in [-0.2, -0.15) is 23.4 Å². The van der Waals surface area contributed by atoms with Gasteiger partial charge in [-0.25, -0.2) is 9.37 Å². The lowest BCUT2D eigenvalue weighted by atomic mass is 10.1. The number of hydrogen-bond acceptors (Lipinski definition) is 5. The van der Waals surface area contributed by atoms with Crippen molar-refractivity contribution in [2.75, 3.05) is 13.2 Å². The fourth-order valence-corrected chi connectivity index (χ4v) is 2.96. The first-order valence-corrected chi connectivity index (χ1v) is 9.34. The van der Waals surface area contributed by atoms with E-state index in [0.717, 1.165) is 16.9 Å². The van der Waals surface area contributed by atoms with E-state index in [4.69, 9.17) is 4.74 Å². The monoisotopic (exact) mass is 437 g/mol. The second kappa shape index (κ2) is 9.11. The molecule has 0 radical (unpaired) electrons. The van der Waals surface area contributed by atoms with Crippen LogP contribution in [0, 0.1) is 5.82 Å². The molecule has 11 heteroatoms. The fraction of sp³-hybridized carbons (Fsp3) is 0.300. The standard InChI is InChI=1S/C20H19F4N5O2/c1-3-28(13(2)12-31-17-8-7-14(11-25-17)20(22,23)24)19(30)15-5-4-6-16(21)18(15)29-26-9-10-27-29/h4-11,13H,3,12H2,1-2H3/t13-/m0/s1. The Hall–Kier alpha value is -3.50. The molecule has 1 amide bonds. The van der Waals surface area contributed by atoms with Crippen LogP contribution in [0.1, 0.15) is 29.8 Å². The van der Waals surface area contributed by atoms with Crippen LogP contribution in [0.5, 0.6) is 5.88 Å². The summed E-state index contributed by atoms with van der Waals surface area (Å²) < 4.78 is 57.8. The molecule has 0 bridgehead atoms. The van der Waals surface area contributed by atoms with Crippen molar-refractivity contribution < 1.29 is 27.1 Å². The number of amides is 1. The van der Waals surface area contributed by atoms with Gasteiger partial charge in [0.25, 0.3) is 5.91 Å². The van der Waals surface area contributed by atoms with E-state index in [9.17, 15) is 22.4 Å². The molecule has 0 aliphatic heterocycles. The van der Waals surface area contributed by atoms with Gasteiger partial charge in [0.2, 0.25) is 5.88 Å². The minimum absolute atomic E-state index is 0.00413. The number of rotatable bonds is 7. The van der Waals surface area contributed by atoms with Gasteiger partial charge in [-0.15, -0.1) is 4.80 Å². The topological polar surface area (TPSA) is 73.1 Å². The summed E-state index contributed by atoms with van der Waals surface area (Å²) >= 11 is 0. The van der Waals surface area contributed by atoms with E-state index in [0.29, 0.717) is 6.20 Å². The second-order valence-corrected chi connectivity index (χ2v) is 6.59. The molecule has 31 heavy (non-hydrogen) atoms. The van der Waals surface area contributed by atoms with E-state index in [1.165, 1.54) is 35.5 Å². The average molecular weight is 437 g/mol. The Labute approximate surface area is 175 Å². The summed E-state index contributed by atoms with van der Waals surface area (Å²) in [6.07, 6.45) is -1.08. The molecule has 2 aromatic heterocycles. The van der Waals surface area contributed by atoms with Crippen LogP contribution < -0.4 is 4.74 Å². The number of alkyl halides is 3. The van der Waals surface area contributed by atoms with E-state index in [-0.39, 0.29) is 30.3 Å². The van der Waals surface area contributed by atoms with Gasteiger partial charge in [0.15, 0.2) is 5.82 Å². The Bertz CT molecular complexity index is 1020. The van der Waals surface area contributed by atoms with Crippen molar-refractivity contribution in [1.29, 1.82) is 0 Å². The van der Waals surface area contributed by atoms with Gasteiger partial charge >= 0.3 is 6.18 Å². The third-order valence-electron chi connectivity index (χ3n) is 4.51. The highest BCUT2D eigenvalue weighted by Gasteiger charge is 2.31. The number of pyridine rings is 1. The van der Waals surface area contributed by atoms with E-state index < -0.39 is 29.5 Å². The molecular weight excluding hydrogens is 418 g/mol. The Kier molecular flexibility index (Phi) is 6.52. The number of likely N-dealkylation sites (N-methyl/N-ethyl adjacent to an activating group) is 1. The summed E-state index contributed by atoms with van der Waals surface area (Å²) in [5.41, 5.74) is -0.893. The molecule has 7 nitrogen and oxygen atoms in total. The summed E-state index contributed by atoms with van der Waals surface area (Å²) in [5, 5.41) is 7.80. The quantitative estimate of drug-likeness (QED) is 0.527. The summed E-state index contributed by atoms with van der Waals surface area (Å²) in [5.74, 6) is -1.13. The zero-order chi connectivity index (χ0) is 22.6. The minimum atomic E-state index is -4.49. The van der Waals surface area contributed by atoms with E-state index >= 15 is 0 Å². The van der Waals surface area contributed by atoms with Gasteiger partial charge < -0.3 is 9.64 Å². The molecular formula is C20H19F4N5O2. The summed E-state index contributed by atoms with van der Waals surface area (Å²) in [4.78, 5) is 19.3. The van der Waals surface area contributed by atoms with Gasteiger partial charge in [-0.1, -0.05) is 6.07 Å².